The van der Waals surface area contributed by atoms with Crippen molar-refractivity contribution in [1.29, 1.82) is 0 Å². The average molecular weight is 219 g/mol. The van der Waals surface area contributed by atoms with Gasteiger partial charge in [0.1, 0.15) is 0 Å². The molecule has 15 heavy (non-hydrogen) atoms. The third-order valence-corrected chi connectivity index (χ3v) is 3.05. The number of halogens is 2. The van der Waals surface area contributed by atoms with E-state index in [1.165, 1.54) is 4.90 Å². The normalized spacial score (nSPS) is 35.9. The summed E-state index contributed by atoms with van der Waals surface area (Å²) in [6.45, 7) is 0.620. The number of piperidine rings is 1. The first-order chi connectivity index (χ1) is 6.99. The van der Waals surface area contributed by atoms with Crippen molar-refractivity contribution >= 4 is 5.91 Å². The molecule has 3 N–H and O–H groups in total. The number of likely N-dealkylation sites (tertiary alicyclic amines) is 1. The lowest BCUT2D eigenvalue weighted by Gasteiger charge is -2.37. The number of nitrogens with zero attached hydrogens (tertiary/aromatic N) is 1. The van der Waals surface area contributed by atoms with E-state index >= 15 is 0 Å². The Morgan fingerprint density at radius 2 is 2.20 bits per heavy atom. The molecule has 0 spiro atoms. The second-order valence-electron chi connectivity index (χ2n) is 4.27. The molecule has 4 nitrogen and oxygen atoms in total. The number of amides is 1. The van der Waals surface area contributed by atoms with Gasteiger partial charge in [0.05, 0.1) is 12.6 Å². The van der Waals surface area contributed by atoms with Crippen LogP contribution in [-0.2, 0) is 4.79 Å². The first-order valence-electron chi connectivity index (χ1n) is 5.13. The van der Waals surface area contributed by atoms with Crippen LogP contribution in [0.25, 0.3) is 0 Å². The van der Waals surface area contributed by atoms with Crippen LogP contribution in [0.1, 0.15) is 12.8 Å². The van der Waals surface area contributed by atoms with Crippen molar-refractivity contribution in [1.82, 2.24) is 10.2 Å². The summed E-state index contributed by atoms with van der Waals surface area (Å²) in [6.07, 6.45) is -0.409. The maximum Gasteiger partial charge on any atom is 0.265 e. The molecule has 2 heterocycles. The van der Waals surface area contributed by atoms with Crippen molar-refractivity contribution in [3.8, 4) is 0 Å². The lowest BCUT2D eigenvalue weighted by molar-refractivity contribution is -0.150. The number of hydrogen-bond acceptors (Lipinski definition) is 3. The van der Waals surface area contributed by atoms with Crippen molar-refractivity contribution in [3.63, 3.8) is 0 Å². The zero-order valence-electron chi connectivity index (χ0n) is 8.38. The van der Waals surface area contributed by atoms with E-state index in [2.05, 4.69) is 5.32 Å². The van der Waals surface area contributed by atoms with E-state index in [1.807, 2.05) is 0 Å². The molecule has 0 saturated carbocycles. The molecule has 0 aliphatic carbocycles. The van der Waals surface area contributed by atoms with Crippen LogP contribution < -0.4 is 11.1 Å². The van der Waals surface area contributed by atoms with Crippen molar-refractivity contribution in [2.24, 2.45) is 5.73 Å². The Morgan fingerprint density at radius 1 is 1.47 bits per heavy atom. The first-order valence-corrected chi connectivity index (χ1v) is 5.13. The quantitative estimate of drug-likeness (QED) is 0.627. The van der Waals surface area contributed by atoms with Crippen molar-refractivity contribution in [3.05, 3.63) is 0 Å². The van der Waals surface area contributed by atoms with E-state index in [4.69, 9.17) is 5.73 Å². The van der Waals surface area contributed by atoms with Crippen molar-refractivity contribution < 1.29 is 13.6 Å². The van der Waals surface area contributed by atoms with Gasteiger partial charge in [0.15, 0.2) is 0 Å². The average Bonchev–Trinajstić information content (AvgIpc) is 2.56. The molecule has 0 unspecified atom stereocenters. The lowest BCUT2D eigenvalue weighted by Crippen LogP contribution is -2.56. The Labute approximate surface area is 86.8 Å². The molecule has 86 valence electrons. The molecule has 2 aliphatic rings. The van der Waals surface area contributed by atoms with Gasteiger partial charge in [0.25, 0.3) is 5.92 Å². The monoisotopic (exact) mass is 219 g/mol. The molecule has 0 aromatic carbocycles. The number of rotatable bonds is 1. The predicted molar refractivity (Wildman–Crippen MR) is 50.5 cm³/mol. The van der Waals surface area contributed by atoms with Crippen LogP contribution in [0.15, 0.2) is 0 Å². The van der Waals surface area contributed by atoms with E-state index in [-0.39, 0.29) is 30.8 Å². The fourth-order valence-electron chi connectivity index (χ4n) is 2.18. The highest BCUT2D eigenvalue weighted by atomic mass is 19.3. The minimum Gasteiger partial charge on any atom is -0.331 e. The fourth-order valence-corrected chi connectivity index (χ4v) is 2.18. The van der Waals surface area contributed by atoms with E-state index in [0.717, 1.165) is 0 Å². The van der Waals surface area contributed by atoms with Gasteiger partial charge in [-0.05, 0) is 0 Å². The van der Waals surface area contributed by atoms with E-state index in [0.29, 0.717) is 13.1 Å². The summed E-state index contributed by atoms with van der Waals surface area (Å²) in [7, 11) is 0. The molecule has 2 fully saturated rings. The summed E-state index contributed by atoms with van der Waals surface area (Å²) in [5, 5.41) is 3.00. The van der Waals surface area contributed by atoms with Gasteiger partial charge in [0.2, 0.25) is 5.91 Å². The van der Waals surface area contributed by atoms with Crippen LogP contribution in [0.4, 0.5) is 8.78 Å². The maximum absolute atomic E-state index is 13.2. The van der Waals surface area contributed by atoms with Crippen molar-refractivity contribution in [2.75, 3.05) is 19.6 Å². The summed E-state index contributed by atoms with van der Waals surface area (Å²) >= 11 is 0. The molecule has 0 bridgehead atoms. The summed E-state index contributed by atoms with van der Waals surface area (Å²) in [6, 6.07) is -0.508. The third kappa shape index (κ3) is 2.10. The molecule has 0 aromatic rings. The molecular formula is C9H15F2N3O. The Morgan fingerprint density at radius 3 is 2.80 bits per heavy atom. The Bertz CT molecular complexity index is 272. The molecule has 0 aromatic heterocycles. The number of nitrogens with two attached hydrogens (primary N) is 1. The molecule has 2 saturated heterocycles. The highest BCUT2D eigenvalue weighted by molar-refractivity contribution is 5.77. The zero-order chi connectivity index (χ0) is 11.1. The summed E-state index contributed by atoms with van der Waals surface area (Å²) in [4.78, 5) is 12.8. The van der Waals surface area contributed by atoms with Crippen LogP contribution in [0.5, 0.6) is 0 Å². The molecule has 1 amide bonds. The smallest absolute Gasteiger partial charge is 0.265 e. The van der Waals surface area contributed by atoms with E-state index in [1.54, 1.807) is 0 Å². The van der Waals surface area contributed by atoms with Crippen molar-refractivity contribution in [2.45, 2.75) is 30.8 Å². The van der Waals surface area contributed by atoms with Gasteiger partial charge in [-0.25, -0.2) is 8.78 Å². The molecule has 2 aliphatic heterocycles. The number of carbonyl (C=O) groups excluding carboxylic acids is 1. The minimum absolute atomic E-state index is 0.0732. The third-order valence-electron chi connectivity index (χ3n) is 3.05. The number of nitrogens with one attached hydrogen (secondary N) is 1. The van der Waals surface area contributed by atoms with Gasteiger partial charge in [-0.2, -0.15) is 0 Å². The van der Waals surface area contributed by atoms with Crippen LogP contribution in [0.3, 0.4) is 0 Å². The second kappa shape index (κ2) is 3.68. The maximum atomic E-state index is 13.2. The fraction of sp³-hybridized carbons (Fsp3) is 0.889. The Hall–Kier alpha value is -0.750. The molecule has 2 atom stereocenters. The highest BCUT2D eigenvalue weighted by Gasteiger charge is 2.43. The molecule has 0 radical (unpaired) electrons. The van der Waals surface area contributed by atoms with Gasteiger partial charge in [-0.1, -0.05) is 0 Å². The lowest BCUT2D eigenvalue weighted by atomic mass is 10.0. The van der Waals surface area contributed by atoms with E-state index in [9.17, 15) is 13.6 Å². The van der Waals surface area contributed by atoms with Gasteiger partial charge in [-0.15, -0.1) is 0 Å². The summed E-state index contributed by atoms with van der Waals surface area (Å²) in [5.74, 6) is -2.96. The Kier molecular flexibility index (Phi) is 2.64. The number of alkyl halides is 2. The molecule has 2 rings (SSSR count). The van der Waals surface area contributed by atoms with Crippen LogP contribution in [-0.4, -0.2) is 48.4 Å². The van der Waals surface area contributed by atoms with Crippen LogP contribution in [0.2, 0.25) is 0 Å². The standard InChI is InChI=1S/C9H15F2N3O/c10-9(11)2-1-8(15)14(5-9)7-4-13-3-6(7)12/h6-7,13H,1-5,12H2/t6-,7-/m0/s1. The predicted octanol–water partition coefficient (Wildman–Crippen LogP) is -0.457. The van der Waals surface area contributed by atoms with Gasteiger partial charge in [-0.3, -0.25) is 4.79 Å². The summed E-state index contributed by atoms with van der Waals surface area (Å²) in [5.41, 5.74) is 5.76. The summed E-state index contributed by atoms with van der Waals surface area (Å²) < 4.78 is 26.3. The largest absolute Gasteiger partial charge is 0.331 e. The Balaban J connectivity index is 2.09. The van der Waals surface area contributed by atoms with Gasteiger partial charge >= 0.3 is 0 Å². The first kappa shape index (κ1) is 10.8. The van der Waals surface area contributed by atoms with Crippen LogP contribution >= 0.6 is 0 Å². The topological polar surface area (TPSA) is 58.4 Å². The molecule has 6 heteroatoms. The number of carbonyl (C=O) groups is 1. The second-order valence-corrected chi connectivity index (χ2v) is 4.27. The van der Waals surface area contributed by atoms with Gasteiger partial charge in [0, 0.05) is 32.0 Å². The number of hydrogen-bond donors (Lipinski definition) is 2. The highest BCUT2D eigenvalue weighted by Crippen LogP contribution is 2.29. The minimum atomic E-state index is -2.75. The SMILES string of the molecule is N[C@H]1CNC[C@@H]1N1CC(F)(F)CCC1=O. The molecular weight excluding hydrogens is 204 g/mol. The van der Waals surface area contributed by atoms with Crippen LogP contribution in [0, 0.1) is 0 Å². The van der Waals surface area contributed by atoms with E-state index < -0.39 is 12.5 Å². The zero-order valence-corrected chi connectivity index (χ0v) is 8.38. The van der Waals surface area contributed by atoms with Gasteiger partial charge < -0.3 is 16.0 Å².